The lowest BCUT2D eigenvalue weighted by molar-refractivity contribution is 0.168. The van der Waals surface area contributed by atoms with Crippen molar-refractivity contribution in [3.05, 3.63) is 29.6 Å². The molecule has 0 amide bonds. The molecule has 0 radical (unpaired) electrons. The van der Waals surface area contributed by atoms with Gasteiger partial charge in [0.1, 0.15) is 0 Å². The monoisotopic (exact) mass is 277 g/mol. The van der Waals surface area contributed by atoms with Crippen molar-refractivity contribution in [2.24, 2.45) is 5.41 Å². The highest BCUT2D eigenvalue weighted by Crippen LogP contribution is 2.24. The molecule has 1 N–H and O–H groups in total. The van der Waals surface area contributed by atoms with Crippen LogP contribution in [0, 0.1) is 12.3 Å². The molecule has 3 heteroatoms. The molecule has 0 spiro atoms. The third-order valence-corrected chi connectivity index (χ3v) is 3.68. The zero-order chi connectivity index (χ0) is 15.0. The van der Waals surface area contributed by atoms with Crippen LogP contribution in [0.5, 0.6) is 0 Å². The molecule has 0 aliphatic carbocycles. The van der Waals surface area contributed by atoms with E-state index in [-0.39, 0.29) is 0 Å². The molecule has 0 bridgehead atoms. The van der Waals surface area contributed by atoms with E-state index in [0.29, 0.717) is 5.41 Å². The van der Waals surface area contributed by atoms with E-state index in [0.717, 1.165) is 37.6 Å². The number of aryl methyl sites for hydroxylation is 1. The molecule has 114 valence electrons. The maximum atomic E-state index is 4.59. The van der Waals surface area contributed by atoms with Crippen molar-refractivity contribution in [3.8, 4) is 0 Å². The van der Waals surface area contributed by atoms with Crippen LogP contribution in [0.4, 0.5) is 0 Å². The predicted molar refractivity (Wildman–Crippen MR) is 86.9 cm³/mol. The van der Waals surface area contributed by atoms with Crippen molar-refractivity contribution in [2.45, 2.75) is 47.1 Å². The summed E-state index contributed by atoms with van der Waals surface area (Å²) in [6.07, 6.45) is 2.49. The molecule has 0 fully saturated rings. The van der Waals surface area contributed by atoms with Crippen LogP contribution in [-0.2, 0) is 6.54 Å². The minimum Gasteiger partial charge on any atom is -0.316 e. The van der Waals surface area contributed by atoms with Crippen molar-refractivity contribution in [3.63, 3.8) is 0 Å². The van der Waals surface area contributed by atoms with Gasteiger partial charge in [0, 0.05) is 25.3 Å². The first-order valence-corrected chi connectivity index (χ1v) is 7.81. The summed E-state index contributed by atoms with van der Waals surface area (Å²) >= 11 is 0. The van der Waals surface area contributed by atoms with E-state index < -0.39 is 0 Å². The Morgan fingerprint density at radius 3 is 2.65 bits per heavy atom. The van der Waals surface area contributed by atoms with Gasteiger partial charge in [0.05, 0.1) is 5.69 Å². The Bertz CT molecular complexity index is 392. The molecule has 0 aromatic carbocycles. The lowest BCUT2D eigenvalue weighted by atomic mass is 9.85. The number of pyridine rings is 1. The summed E-state index contributed by atoms with van der Waals surface area (Å²) in [5, 5.41) is 3.51. The average molecular weight is 277 g/mol. The van der Waals surface area contributed by atoms with Gasteiger partial charge in [-0.25, -0.2) is 0 Å². The number of nitrogens with zero attached hydrogens (tertiary/aromatic N) is 2. The first-order valence-electron chi connectivity index (χ1n) is 7.81. The zero-order valence-electron chi connectivity index (χ0n) is 13.9. The van der Waals surface area contributed by atoms with Gasteiger partial charge in [-0.15, -0.1) is 0 Å². The lowest BCUT2D eigenvalue weighted by Crippen LogP contribution is -2.40. The van der Waals surface area contributed by atoms with Crippen molar-refractivity contribution in [1.82, 2.24) is 15.2 Å². The van der Waals surface area contributed by atoms with Gasteiger partial charge in [0.15, 0.2) is 0 Å². The van der Waals surface area contributed by atoms with Gasteiger partial charge in [-0.3, -0.25) is 9.88 Å². The molecule has 0 aliphatic rings. The molecule has 3 nitrogen and oxygen atoms in total. The van der Waals surface area contributed by atoms with Crippen LogP contribution in [0.15, 0.2) is 18.2 Å². The van der Waals surface area contributed by atoms with Crippen molar-refractivity contribution >= 4 is 0 Å². The molecule has 0 saturated heterocycles. The lowest BCUT2D eigenvalue weighted by Gasteiger charge is -2.34. The Morgan fingerprint density at radius 2 is 2.05 bits per heavy atom. The van der Waals surface area contributed by atoms with Crippen LogP contribution in [-0.4, -0.2) is 36.6 Å². The molecule has 1 atom stereocenters. The van der Waals surface area contributed by atoms with E-state index in [4.69, 9.17) is 0 Å². The second-order valence-electron chi connectivity index (χ2n) is 6.28. The molecule has 1 rings (SSSR count). The van der Waals surface area contributed by atoms with Gasteiger partial charge in [0.2, 0.25) is 0 Å². The van der Waals surface area contributed by atoms with Gasteiger partial charge in [0.25, 0.3) is 0 Å². The van der Waals surface area contributed by atoms with Gasteiger partial charge < -0.3 is 5.32 Å². The molecule has 20 heavy (non-hydrogen) atoms. The van der Waals surface area contributed by atoms with E-state index in [9.17, 15) is 0 Å². The number of hydrogen-bond acceptors (Lipinski definition) is 3. The van der Waals surface area contributed by atoms with Crippen LogP contribution in [0.3, 0.4) is 0 Å². The van der Waals surface area contributed by atoms with Crippen LogP contribution in [0.25, 0.3) is 0 Å². The Kier molecular flexibility index (Phi) is 7.17. The van der Waals surface area contributed by atoms with Crippen molar-refractivity contribution in [2.75, 3.05) is 26.7 Å². The highest BCUT2D eigenvalue weighted by atomic mass is 15.1. The van der Waals surface area contributed by atoms with Crippen LogP contribution in [0.2, 0.25) is 0 Å². The zero-order valence-corrected chi connectivity index (χ0v) is 13.9. The van der Waals surface area contributed by atoms with Gasteiger partial charge in [-0.2, -0.15) is 0 Å². The second kappa shape index (κ2) is 8.38. The molecule has 1 heterocycles. The highest BCUT2D eigenvalue weighted by molar-refractivity contribution is 5.09. The molecular formula is C17H31N3. The molecule has 1 aromatic rings. The summed E-state index contributed by atoms with van der Waals surface area (Å²) < 4.78 is 0. The Balaban J connectivity index is 2.59. The quantitative estimate of drug-likeness (QED) is 0.751. The summed E-state index contributed by atoms with van der Waals surface area (Å²) in [6.45, 7) is 13.0. The van der Waals surface area contributed by atoms with E-state index in [1.54, 1.807) is 0 Å². The van der Waals surface area contributed by atoms with Gasteiger partial charge in [-0.1, -0.05) is 33.3 Å². The van der Waals surface area contributed by atoms with E-state index >= 15 is 0 Å². The van der Waals surface area contributed by atoms with Crippen LogP contribution < -0.4 is 5.32 Å². The highest BCUT2D eigenvalue weighted by Gasteiger charge is 2.24. The first-order chi connectivity index (χ1) is 9.49. The van der Waals surface area contributed by atoms with Gasteiger partial charge >= 0.3 is 0 Å². The third kappa shape index (κ3) is 6.02. The Hall–Kier alpha value is -0.930. The largest absolute Gasteiger partial charge is 0.316 e. The van der Waals surface area contributed by atoms with E-state index in [1.807, 2.05) is 0 Å². The Morgan fingerprint density at radius 1 is 1.30 bits per heavy atom. The number of hydrogen-bond donors (Lipinski definition) is 1. The molecular weight excluding hydrogens is 246 g/mol. The average Bonchev–Trinajstić information content (AvgIpc) is 2.36. The fourth-order valence-electron chi connectivity index (χ4n) is 2.93. The minimum atomic E-state index is 0.337. The fraction of sp³-hybridized carbons (Fsp3) is 0.706. The number of rotatable bonds is 9. The summed E-state index contributed by atoms with van der Waals surface area (Å²) in [7, 11) is 2.20. The van der Waals surface area contributed by atoms with Gasteiger partial charge in [-0.05, 0) is 44.5 Å². The van der Waals surface area contributed by atoms with Crippen LogP contribution >= 0.6 is 0 Å². The molecule has 0 saturated carbocycles. The molecule has 1 unspecified atom stereocenters. The van der Waals surface area contributed by atoms with Crippen molar-refractivity contribution < 1.29 is 0 Å². The maximum absolute atomic E-state index is 4.59. The number of nitrogens with one attached hydrogen (secondary N) is 1. The van der Waals surface area contributed by atoms with Crippen molar-refractivity contribution in [1.29, 1.82) is 0 Å². The van der Waals surface area contributed by atoms with Crippen LogP contribution in [0.1, 0.15) is 45.0 Å². The predicted octanol–water partition coefficient (Wildman–Crippen LogP) is 3.24. The number of aromatic nitrogens is 1. The summed E-state index contributed by atoms with van der Waals surface area (Å²) in [6, 6.07) is 6.26. The SMILES string of the molecule is CCCC(C)(CNCC)CN(C)Cc1cccc(C)n1. The van der Waals surface area contributed by atoms with E-state index in [2.05, 4.69) is 68.1 Å². The smallest absolute Gasteiger partial charge is 0.0547 e. The normalized spacial score (nSPS) is 14.5. The summed E-state index contributed by atoms with van der Waals surface area (Å²) in [5.41, 5.74) is 2.60. The second-order valence-corrected chi connectivity index (χ2v) is 6.28. The molecule has 0 aliphatic heterocycles. The summed E-state index contributed by atoms with van der Waals surface area (Å²) in [4.78, 5) is 6.99. The standard InChI is InChI=1S/C17H31N3/c1-6-11-17(4,13-18-7-2)14-20(5)12-16-10-8-9-15(3)19-16/h8-10,18H,6-7,11-14H2,1-5H3. The topological polar surface area (TPSA) is 28.2 Å². The Labute approximate surface area is 124 Å². The summed E-state index contributed by atoms with van der Waals surface area (Å²) in [5.74, 6) is 0. The minimum absolute atomic E-state index is 0.337. The molecule has 1 aromatic heterocycles. The third-order valence-electron chi connectivity index (χ3n) is 3.68. The maximum Gasteiger partial charge on any atom is 0.0547 e. The van der Waals surface area contributed by atoms with E-state index in [1.165, 1.54) is 12.8 Å². The fourth-order valence-corrected chi connectivity index (χ4v) is 2.93. The first kappa shape index (κ1) is 17.1.